The molecule has 0 fully saturated rings. The molecule has 0 bridgehead atoms. The first-order chi connectivity index (χ1) is 19.2. The van der Waals surface area contributed by atoms with Gasteiger partial charge in [-0.25, -0.2) is 32.9 Å². The van der Waals surface area contributed by atoms with Crippen LogP contribution in [0, 0.1) is 6.92 Å². The van der Waals surface area contributed by atoms with Gasteiger partial charge in [0, 0.05) is 19.6 Å². The van der Waals surface area contributed by atoms with Crippen LogP contribution in [0.3, 0.4) is 0 Å². The summed E-state index contributed by atoms with van der Waals surface area (Å²) in [6.07, 6.45) is 6.16. The van der Waals surface area contributed by atoms with E-state index in [0.717, 1.165) is 23.1 Å². The van der Waals surface area contributed by atoms with Crippen LogP contribution in [-0.2, 0) is 34.4 Å². The fourth-order valence-corrected chi connectivity index (χ4v) is 4.92. The van der Waals surface area contributed by atoms with E-state index in [2.05, 4.69) is 25.0 Å². The molecule has 2 aromatic heterocycles. The average molecular weight is 564 g/mol. The molecule has 1 amide bonds. The summed E-state index contributed by atoms with van der Waals surface area (Å²) in [5.74, 6) is 0.864. The first-order valence-electron chi connectivity index (χ1n) is 12.9. The van der Waals surface area contributed by atoms with Gasteiger partial charge in [0.1, 0.15) is 5.52 Å². The van der Waals surface area contributed by atoms with E-state index in [9.17, 15) is 13.2 Å². The maximum atomic E-state index is 12.6. The summed E-state index contributed by atoms with van der Waals surface area (Å²) in [5.41, 5.74) is 9.96. The zero-order valence-corrected chi connectivity index (χ0v) is 23.3. The molecule has 2 aromatic carbocycles. The van der Waals surface area contributed by atoms with Crippen molar-refractivity contribution >= 4 is 39.2 Å². The third kappa shape index (κ3) is 7.64. The summed E-state index contributed by atoms with van der Waals surface area (Å²) < 4.78 is 35.0. The molecule has 0 saturated carbocycles. The van der Waals surface area contributed by atoms with Crippen LogP contribution in [-0.4, -0.2) is 40.6 Å². The van der Waals surface area contributed by atoms with Crippen molar-refractivity contribution in [1.82, 2.24) is 29.6 Å². The van der Waals surface area contributed by atoms with Gasteiger partial charge in [0.2, 0.25) is 10.0 Å². The van der Waals surface area contributed by atoms with Crippen LogP contribution >= 0.6 is 0 Å². The first kappa shape index (κ1) is 28.7. The van der Waals surface area contributed by atoms with Crippen molar-refractivity contribution in [2.24, 2.45) is 0 Å². The molecule has 0 aliphatic rings. The Morgan fingerprint density at radius 3 is 2.45 bits per heavy atom. The molecule has 0 saturated heterocycles. The van der Waals surface area contributed by atoms with Gasteiger partial charge >= 0.3 is 6.09 Å². The maximum absolute atomic E-state index is 12.6. The van der Waals surface area contributed by atoms with Crippen molar-refractivity contribution in [1.29, 1.82) is 0 Å². The molecule has 40 heavy (non-hydrogen) atoms. The second kappa shape index (κ2) is 13.2. The third-order valence-electron chi connectivity index (χ3n) is 6.11. The summed E-state index contributed by atoms with van der Waals surface area (Å²) in [6, 6.07) is 14.0. The molecule has 0 atom stereocenters. The van der Waals surface area contributed by atoms with Crippen LogP contribution in [0.4, 0.5) is 10.6 Å². The number of nitrogens with two attached hydrogens (primary N) is 1. The maximum Gasteiger partial charge on any atom is 0.407 e. The van der Waals surface area contributed by atoms with Gasteiger partial charge in [0.25, 0.3) is 0 Å². The van der Waals surface area contributed by atoms with Crippen molar-refractivity contribution in [3.8, 4) is 0 Å². The van der Waals surface area contributed by atoms with Crippen LogP contribution in [0.25, 0.3) is 17.2 Å². The Morgan fingerprint density at radius 1 is 1.02 bits per heavy atom. The molecule has 4 aromatic rings. The van der Waals surface area contributed by atoms with Gasteiger partial charge in [-0.05, 0) is 56.0 Å². The minimum Gasteiger partial charge on any atom is -0.450 e. The normalized spacial score (nSPS) is 11.8. The summed E-state index contributed by atoms with van der Waals surface area (Å²) >= 11 is 0. The van der Waals surface area contributed by atoms with E-state index >= 15 is 0 Å². The number of imidazole rings is 1. The van der Waals surface area contributed by atoms with Gasteiger partial charge in [-0.15, -0.1) is 0 Å². The number of allylic oxidation sites excluding steroid dienone is 1. The van der Waals surface area contributed by atoms with E-state index in [0.29, 0.717) is 35.8 Å². The van der Waals surface area contributed by atoms with Crippen LogP contribution in [0.15, 0.2) is 65.8 Å². The van der Waals surface area contributed by atoms with Gasteiger partial charge in [0.15, 0.2) is 17.3 Å². The lowest BCUT2D eigenvalue weighted by Crippen LogP contribution is -2.25. The number of nitrogen functional groups attached to an aromatic ring is 1. The van der Waals surface area contributed by atoms with Gasteiger partial charge < -0.3 is 20.4 Å². The average Bonchev–Trinajstić information content (AvgIpc) is 3.35. The van der Waals surface area contributed by atoms with Crippen molar-refractivity contribution < 1.29 is 17.9 Å². The van der Waals surface area contributed by atoms with E-state index in [1.165, 1.54) is 12.1 Å². The number of alkyl carbamates (subject to hydrolysis) is 1. The Bertz CT molecular complexity index is 1580. The zero-order valence-electron chi connectivity index (χ0n) is 22.5. The van der Waals surface area contributed by atoms with Gasteiger partial charge in [-0.2, -0.15) is 0 Å². The van der Waals surface area contributed by atoms with Crippen molar-refractivity contribution in [2.45, 2.75) is 51.2 Å². The second-order valence-electron chi connectivity index (χ2n) is 9.23. The van der Waals surface area contributed by atoms with Gasteiger partial charge in [-0.3, -0.25) is 0 Å². The van der Waals surface area contributed by atoms with Gasteiger partial charge in [-0.1, -0.05) is 48.0 Å². The summed E-state index contributed by atoms with van der Waals surface area (Å²) in [4.78, 5) is 25.3. The summed E-state index contributed by atoms with van der Waals surface area (Å²) in [6.45, 7) is 5.17. The monoisotopic (exact) mass is 563 g/mol. The highest BCUT2D eigenvalue weighted by atomic mass is 32.2. The lowest BCUT2D eigenvalue weighted by atomic mass is 10.2. The standard InChI is InChI=1S/C28H33N7O4S/c1-3-6-24-33-26(29)25-27(34-24)35(19-31-25)15-4-5-16-39-28(36)30-17-21-11-13-23(14-12-21)40(37,38)32-18-22-9-7-20(2)8-10-22/h3,6-14,19,32H,4-5,15-18H2,1-2H3,(H,30,36)(H2,29,33,34)/b6-3-. The van der Waals surface area contributed by atoms with Gasteiger partial charge in [0.05, 0.1) is 17.8 Å². The van der Waals surface area contributed by atoms with E-state index in [1.807, 2.05) is 48.8 Å². The Labute approximate surface area is 233 Å². The number of unbranched alkanes of at least 4 members (excludes halogenated alkanes) is 1. The first-order valence-corrected chi connectivity index (χ1v) is 14.4. The topological polar surface area (TPSA) is 154 Å². The minimum atomic E-state index is -3.65. The highest BCUT2D eigenvalue weighted by Gasteiger charge is 2.14. The molecule has 210 valence electrons. The number of fused-ring (bicyclic) bond motifs is 1. The van der Waals surface area contributed by atoms with E-state index < -0.39 is 16.1 Å². The fraction of sp³-hybridized carbons (Fsp3) is 0.286. The number of carbonyl (C=O) groups excluding carboxylic acids is 1. The van der Waals surface area contributed by atoms with Crippen molar-refractivity contribution in [3.05, 3.63) is 83.4 Å². The largest absolute Gasteiger partial charge is 0.450 e. The smallest absolute Gasteiger partial charge is 0.407 e. The Kier molecular flexibility index (Phi) is 9.46. The predicted octanol–water partition coefficient (Wildman–Crippen LogP) is 3.94. The number of benzene rings is 2. The van der Waals surface area contributed by atoms with E-state index in [4.69, 9.17) is 10.5 Å². The van der Waals surface area contributed by atoms with Crippen LogP contribution in [0.2, 0.25) is 0 Å². The number of amides is 1. The van der Waals surface area contributed by atoms with Crippen LogP contribution in [0.5, 0.6) is 0 Å². The van der Waals surface area contributed by atoms with E-state index in [1.54, 1.807) is 24.5 Å². The number of aryl methyl sites for hydroxylation is 2. The summed E-state index contributed by atoms with van der Waals surface area (Å²) in [7, 11) is -3.65. The lowest BCUT2D eigenvalue weighted by Gasteiger charge is -2.10. The third-order valence-corrected chi connectivity index (χ3v) is 7.52. The predicted molar refractivity (Wildman–Crippen MR) is 154 cm³/mol. The molecule has 0 aliphatic carbocycles. The minimum absolute atomic E-state index is 0.156. The number of sulfonamides is 1. The molecule has 0 radical (unpaired) electrons. The molecule has 0 spiro atoms. The molecule has 11 nitrogen and oxygen atoms in total. The molecule has 12 heteroatoms. The van der Waals surface area contributed by atoms with Crippen LogP contribution in [0.1, 0.15) is 42.3 Å². The second-order valence-corrected chi connectivity index (χ2v) is 11.0. The Morgan fingerprint density at radius 2 is 1.73 bits per heavy atom. The molecular formula is C28H33N7O4S. The lowest BCUT2D eigenvalue weighted by molar-refractivity contribution is 0.143. The zero-order chi connectivity index (χ0) is 28.5. The highest BCUT2D eigenvalue weighted by molar-refractivity contribution is 7.89. The Hall–Kier alpha value is -4.29. The number of anilines is 1. The Balaban J connectivity index is 1.17. The molecule has 4 rings (SSSR count). The van der Waals surface area contributed by atoms with Crippen molar-refractivity contribution in [3.63, 3.8) is 0 Å². The molecular weight excluding hydrogens is 530 g/mol. The molecule has 0 unspecified atom stereocenters. The number of ether oxygens (including phenoxy) is 1. The summed E-state index contributed by atoms with van der Waals surface area (Å²) in [5, 5.41) is 2.68. The number of carbonyl (C=O) groups is 1. The SMILES string of the molecule is C/C=C\c1nc(N)c2ncn(CCCCOC(=O)NCc3ccc(S(=O)(=O)NCc4ccc(C)cc4)cc3)c2n1. The quantitative estimate of drug-likeness (QED) is 0.219. The number of hydrogen-bond donors (Lipinski definition) is 3. The molecule has 0 aliphatic heterocycles. The molecule has 2 heterocycles. The van der Waals surface area contributed by atoms with Crippen molar-refractivity contribution in [2.75, 3.05) is 12.3 Å². The number of rotatable bonds is 12. The number of nitrogens with one attached hydrogen (secondary N) is 2. The van der Waals surface area contributed by atoms with E-state index in [-0.39, 0.29) is 24.6 Å². The molecule has 4 N–H and O–H groups in total. The van der Waals surface area contributed by atoms with Crippen LogP contribution < -0.4 is 15.8 Å². The number of nitrogens with zero attached hydrogens (tertiary/aromatic N) is 4. The fourth-order valence-electron chi connectivity index (χ4n) is 3.90. The number of hydrogen-bond acceptors (Lipinski definition) is 8. The highest BCUT2D eigenvalue weighted by Crippen LogP contribution is 2.17. The number of aromatic nitrogens is 4.